The number of rotatable bonds is 5. The van der Waals surface area contributed by atoms with Gasteiger partial charge in [-0.25, -0.2) is 0 Å². The Hall–Kier alpha value is -2.54. The molecular weight excluding hydrogens is 320 g/mol. The normalized spacial score (nSPS) is 18.1. The van der Waals surface area contributed by atoms with Crippen LogP contribution in [0.4, 0.5) is 5.69 Å². The van der Waals surface area contributed by atoms with Gasteiger partial charge in [-0.2, -0.15) is 4.98 Å². The molecule has 132 valence electrons. The maximum Gasteiger partial charge on any atom is 0.238 e. The third-order valence-corrected chi connectivity index (χ3v) is 4.32. The molecule has 25 heavy (non-hydrogen) atoms. The largest absolute Gasteiger partial charge is 0.339 e. The zero-order valence-corrected chi connectivity index (χ0v) is 14.5. The number of ketones is 1. The van der Waals surface area contributed by atoms with Crippen molar-refractivity contribution in [3.8, 4) is 0 Å². The fourth-order valence-corrected chi connectivity index (χ4v) is 3.10. The van der Waals surface area contributed by atoms with E-state index in [2.05, 4.69) is 20.4 Å². The van der Waals surface area contributed by atoms with E-state index in [-0.39, 0.29) is 17.6 Å². The number of carbonyl (C=O) groups is 2. The lowest BCUT2D eigenvalue weighted by molar-refractivity contribution is -0.117. The summed E-state index contributed by atoms with van der Waals surface area (Å²) in [5.41, 5.74) is 1.22. The molecule has 1 aromatic carbocycles. The lowest BCUT2D eigenvalue weighted by Crippen LogP contribution is -2.39. The number of benzene rings is 1. The summed E-state index contributed by atoms with van der Waals surface area (Å²) in [6, 6.07) is 6.98. The number of nitrogens with zero attached hydrogens (tertiary/aromatic N) is 3. The maximum atomic E-state index is 12.3. The molecule has 1 aliphatic heterocycles. The second-order valence-electron chi connectivity index (χ2n) is 6.44. The molecule has 0 spiro atoms. The maximum absolute atomic E-state index is 12.3. The minimum Gasteiger partial charge on any atom is -0.339 e. The Labute approximate surface area is 146 Å². The molecule has 1 saturated heterocycles. The van der Waals surface area contributed by atoms with Crippen molar-refractivity contribution < 1.29 is 14.1 Å². The van der Waals surface area contributed by atoms with Crippen LogP contribution in [0, 0.1) is 6.92 Å². The summed E-state index contributed by atoms with van der Waals surface area (Å²) < 4.78 is 5.27. The molecule has 1 amide bonds. The van der Waals surface area contributed by atoms with Crippen LogP contribution >= 0.6 is 0 Å². The Bertz CT molecular complexity index is 771. The molecule has 1 unspecified atom stereocenters. The van der Waals surface area contributed by atoms with E-state index in [1.807, 2.05) is 0 Å². The van der Waals surface area contributed by atoms with Crippen LogP contribution < -0.4 is 5.32 Å². The van der Waals surface area contributed by atoms with E-state index < -0.39 is 0 Å². The summed E-state index contributed by atoms with van der Waals surface area (Å²) in [5, 5.41) is 6.70. The SMILES string of the molecule is CC(=O)c1cccc(NC(=O)CN2CCCC(c3nc(C)no3)C2)c1. The van der Waals surface area contributed by atoms with Crippen LogP contribution in [0.2, 0.25) is 0 Å². The number of nitrogens with one attached hydrogen (secondary N) is 1. The molecule has 0 bridgehead atoms. The first kappa shape index (κ1) is 17.3. The van der Waals surface area contributed by atoms with Crippen LogP contribution in [0.5, 0.6) is 0 Å². The Balaban J connectivity index is 1.57. The van der Waals surface area contributed by atoms with E-state index in [0.717, 1.165) is 25.9 Å². The minimum absolute atomic E-state index is 0.0233. The predicted octanol–water partition coefficient (Wildman–Crippen LogP) is 2.40. The molecule has 1 N–H and O–H groups in total. The van der Waals surface area contributed by atoms with Gasteiger partial charge in [-0.3, -0.25) is 14.5 Å². The average Bonchev–Trinajstić information content (AvgIpc) is 3.02. The Morgan fingerprint density at radius 1 is 1.40 bits per heavy atom. The number of aromatic nitrogens is 2. The quantitative estimate of drug-likeness (QED) is 0.840. The molecule has 1 aromatic heterocycles. The highest BCUT2D eigenvalue weighted by Crippen LogP contribution is 2.25. The van der Waals surface area contributed by atoms with E-state index in [0.29, 0.717) is 29.5 Å². The Morgan fingerprint density at radius 3 is 2.96 bits per heavy atom. The fraction of sp³-hybridized carbons (Fsp3) is 0.444. The molecule has 7 heteroatoms. The Kier molecular flexibility index (Phi) is 5.23. The van der Waals surface area contributed by atoms with Crippen LogP contribution in [0.25, 0.3) is 0 Å². The standard InChI is InChI=1S/C18H22N4O3/c1-12(23)14-5-3-7-16(9-14)20-17(24)11-22-8-4-6-15(10-22)18-19-13(2)21-25-18/h3,5,7,9,15H,4,6,8,10-11H2,1-2H3,(H,20,24). The second-order valence-corrected chi connectivity index (χ2v) is 6.44. The molecular formula is C18H22N4O3. The number of anilines is 1. The molecule has 0 radical (unpaired) electrons. The minimum atomic E-state index is -0.0944. The van der Waals surface area contributed by atoms with Gasteiger partial charge in [0.2, 0.25) is 11.8 Å². The van der Waals surface area contributed by atoms with Crippen LogP contribution in [0.1, 0.15) is 47.8 Å². The van der Waals surface area contributed by atoms with Gasteiger partial charge in [0.05, 0.1) is 12.5 Å². The third kappa shape index (κ3) is 4.51. The first-order valence-electron chi connectivity index (χ1n) is 8.44. The zero-order valence-electron chi connectivity index (χ0n) is 14.5. The highest BCUT2D eigenvalue weighted by atomic mass is 16.5. The highest BCUT2D eigenvalue weighted by molar-refractivity contribution is 5.97. The lowest BCUT2D eigenvalue weighted by Gasteiger charge is -2.30. The van der Waals surface area contributed by atoms with Crippen LogP contribution in [0.15, 0.2) is 28.8 Å². The zero-order chi connectivity index (χ0) is 17.8. The number of likely N-dealkylation sites (tertiary alicyclic amines) is 1. The van der Waals surface area contributed by atoms with Gasteiger partial charge in [-0.1, -0.05) is 17.3 Å². The lowest BCUT2D eigenvalue weighted by atomic mass is 9.98. The molecule has 1 aliphatic rings. The summed E-state index contributed by atoms with van der Waals surface area (Å²) in [5.74, 6) is 1.34. The van der Waals surface area contributed by atoms with Crippen molar-refractivity contribution in [2.24, 2.45) is 0 Å². The third-order valence-electron chi connectivity index (χ3n) is 4.32. The van der Waals surface area contributed by atoms with Gasteiger partial charge in [0, 0.05) is 17.8 Å². The van der Waals surface area contributed by atoms with Crippen molar-refractivity contribution in [2.75, 3.05) is 25.0 Å². The first-order chi connectivity index (χ1) is 12.0. The topological polar surface area (TPSA) is 88.3 Å². The van der Waals surface area contributed by atoms with E-state index in [4.69, 9.17) is 4.52 Å². The van der Waals surface area contributed by atoms with Crippen molar-refractivity contribution in [3.05, 3.63) is 41.5 Å². The predicted molar refractivity (Wildman–Crippen MR) is 92.5 cm³/mol. The Morgan fingerprint density at radius 2 is 2.24 bits per heavy atom. The van der Waals surface area contributed by atoms with E-state index >= 15 is 0 Å². The summed E-state index contributed by atoms with van der Waals surface area (Å²) in [4.78, 5) is 30.2. The van der Waals surface area contributed by atoms with Gasteiger partial charge in [0.25, 0.3) is 0 Å². The van der Waals surface area contributed by atoms with Crippen molar-refractivity contribution in [2.45, 2.75) is 32.6 Å². The number of aryl methyl sites for hydroxylation is 1. The number of piperidine rings is 1. The van der Waals surface area contributed by atoms with Crippen molar-refractivity contribution >= 4 is 17.4 Å². The van der Waals surface area contributed by atoms with Crippen LogP contribution in [-0.4, -0.2) is 46.4 Å². The van der Waals surface area contributed by atoms with Gasteiger partial charge < -0.3 is 9.84 Å². The molecule has 1 atom stereocenters. The van der Waals surface area contributed by atoms with Gasteiger partial charge in [0.1, 0.15) is 0 Å². The second kappa shape index (κ2) is 7.57. The van der Waals surface area contributed by atoms with E-state index in [1.54, 1.807) is 31.2 Å². The fourth-order valence-electron chi connectivity index (χ4n) is 3.10. The number of hydrogen-bond donors (Lipinski definition) is 1. The molecule has 3 rings (SSSR count). The summed E-state index contributed by atoms with van der Waals surface area (Å²) in [7, 11) is 0. The molecule has 2 aromatic rings. The van der Waals surface area contributed by atoms with Crippen molar-refractivity contribution in [3.63, 3.8) is 0 Å². The van der Waals surface area contributed by atoms with Gasteiger partial charge in [-0.05, 0) is 45.4 Å². The number of Topliss-reactive ketones (excluding diaryl/α,β-unsaturated/α-hetero) is 1. The van der Waals surface area contributed by atoms with Gasteiger partial charge in [0.15, 0.2) is 11.6 Å². The summed E-state index contributed by atoms with van der Waals surface area (Å²) in [6.07, 6.45) is 1.97. The van der Waals surface area contributed by atoms with Gasteiger partial charge in [-0.15, -0.1) is 0 Å². The average molecular weight is 342 g/mol. The summed E-state index contributed by atoms with van der Waals surface area (Å²) >= 11 is 0. The number of amides is 1. The van der Waals surface area contributed by atoms with Crippen LogP contribution in [0.3, 0.4) is 0 Å². The molecule has 7 nitrogen and oxygen atoms in total. The van der Waals surface area contributed by atoms with Gasteiger partial charge >= 0.3 is 0 Å². The van der Waals surface area contributed by atoms with Crippen molar-refractivity contribution in [1.29, 1.82) is 0 Å². The van der Waals surface area contributed by atoms with Crippen molar-refractivity contribution in [1.82, 2.24) is 15.0 Å². The first-order valence-corrected chi connectivity index (χ1v) is 8.44. The monoisotopic (exact) mass is 342 g/mol. The molecule has 0 aliphatic carbocycles. The summed E-state index contributed by atoms with van der Waals surface area (Å²) in [6.45, 7) is 5.20. The van der Waals surface area contributed by atoms with Crippen LogP contribution in [-0.2, 0) is 4.79 Å². The van der Waals surface area contributed by atoms with E-state index in [1.165, 1.54) is 6.92 Å². The number of carbonyl (C=O) groups excluding carboxylic acids is 2. The molecule has 2 heterocycles. The van der Waals surface area contributed by atoms with E-state index in [9.17, 15) is 9.59 Å². The molecule has 0 saturated carbocycles. The molecule has 1 fully saturated rings. The number of hydrogen-bond acceptors (Lipinski definition) is 6. The highest BCUT2D eigenvalue weighted by Gasteiger charge is 2.26. The smallest absolute Gasteiger partial charge is 0.238 e.